The van der Waals surface area contributed by atoms with Crippen LogP contribution in [0.4, 0.5) is 5.69 Å². The molecular formula is C14H10ClNO3. The van der Waals surface area contributed by atoms with Gasteiger partial charge in [0.25, 0.3) is 5.91 Å². The number of anilines is 1. The maximum absolute atomic E-state index is 11.8. The van der Waals surface area contributed by atoms with Crippen molar-refractivity contribution >= 4 is 23.2 Å². The smallest absolute Gasteiger partial charge is 0.291 e. The summed E-state index contributed by atoms with van der Waals surface area (Å²) in [7, 11) is 0. The van der Waals surface area contributed by atoms with Crippen molar-refractivity contribution in [2.45, 2.75) is 0 Å². The highest BCUT2D eigenvalue weighted by Gasteiger charge is 2.10. The summed E-state index contributed by atoms with van der Waals surface area (Å²) in [5, 5.41) is 11.5. The molecule has 1 heterocycles. The fraction of sp³-hybridized carbons (Fsp3) is 0.0714. The second kappa shape index (κ2) is 6.10. The summed E-state index contributed by atoms with van der Waals surface area (Å²) in [4.78, 5) is 11.8. The Bertz CT molecular complexity index is 652. The van der Waals surface area contributed by atoms with Crippen LogP contribution in [0, 0.1) is 11.8 Å². The molecule has 0 spiro atoms. The van der Waals surface area contributed by atoms with Crippen LogP contribution in [0.3, 0.4) is 0 Å². The summed E-state index contributed by atoms with van der Waals surface area (Å²) >= 11 is 5.60. The largest absolute Gasteiger partial charge is 0.440 e. The molecule has 0 aliphatic rings. The van der Waals surface area contributed by atoms with Crippen LogP contribution in [-0.2, 0) is 0 Å². The van der Waals surface area contributed by atoms with E-state index in [9.17, 15) is 4.79 Å². The first-order valence-corrected chi connectivity index (χ1v) is 5.83. The van der Waals surface area contributed by atoms with Gasteiger partial charge in [-0.05, 0) is 41.9 Å². The minimum absolute atomic E-state index is 0.136. The number of aliphatic hydroxyl groups is 1. The van der Waals surface area contributed by atoms with Crippen LogP contribution in [0.5, 0.6) is 0 Å². The number of aliphatic hydroxyl groups excluding tert-OH is 1. The van der Waals surface area contributed by atoms with E-state index in [1.807, 2.05) is 0 Å². The lowest BCUT2D eigenvalue weighted by Crippen LogP contribution is -2.10. The van der Waals surface area contributed by atoms with E-state index in [2.05, 4.69) is 17.2 Å². The van der Waals surface area contributed by atoms with Crippen LogP contribution >= 0.6 is 11.6 Å². The number of carbonyl (C=O) groups is 1. The molecule has 0 saturated carbocycles. The lowest BCUT2D eigenvalue weighted by atomic mass is 10.2. The van der Waals surface area contributed by atoms with Gasteiger partial charge in [-0.1, -0.05) is 17.9 Å². The Labute approximate surface area is 115 Å². The Hall–Kier alpha value is -2.22. The minimum Gasteiger partial charge on any atom is -0.440 e. The number of amides is 1. The van der Waals surface area contributed by atoms with Crippen molar-refractivity contribution in [1.29, 1.82) is 0 Å². The summed E-state index contributed by atoms with van der Waals surface area (Å²) in [6, 6.07) is 9.96. The molecule has 1 amide bonds. The van der Waals surface area contributed by atoms with Gasteiger partial charge in [0, 0.05) is 11.3 Å². The summed E-state index contributed by atoms with van der Waals surface area (Å²) < 4.78 is 5.00. The van der Waals surface area contributed by atoms with Crippen LogP contribution in [0.15, 0.2) is 40.8 Å². The van der Waals surface area contributed by atoms with Crippen molar-refractivity contribution in [3.63, 3.8) is 0 Å². The Morgan fingerprint density at radius 1 is 1.37 bits per heavy atom. The molecule has 96 valence electrons. The van der Waals surface area contributed by atoms with Crippen molar-refractivity contribution in [1.82, 2.24) is 0 Å². The molecule has 0 bridgehead atoms. The van der Waals surface area contributed by atoms with Crippen molar-refractivity contribution in [3.8, 4) is 11.8 Å². The lowest BCUT2D eigenvalue weighted by molar-refractivity contribution is 0.0997. The molecule has 5 heteroatoms. The van der Waals surface area contributed by atoms with Gasteiger partial charge in [-0.2, -0.15) is 0 Å². The van der Waals surface area contributed by atoms with E-state index in [0.717, 1.165) is 0 Å². The van der Waals surface area contributed by atoms with Gasteiger partial charge >= 0.3 is 0 Å². The summed E-state index contributed by atoms with van der Waals surface area (Å²) in [5.41, 5.74) is 1.28. The van der Waals surface area contributed by atoms with E-state index in [1.165, 1.54) is 12.1 Å². The number of benzene rings is 1. The zero-order valence-electron chi connectivity index (χ0n) is 9.81. The van der Waals surface area contributed by atoms with Crippen molar-refractivity contribution in [2.75, 3.05) is 11.9 Å². The fourth-order valence-corrected chi connectivity index (χ4v) is 1.59. The zero-order valence-corrected chi connectivity index (χ0v) is 10.6. The molecule has 2 rings (SSSR count). The van der Waals surface area contributed by atoms with Gasteiger partial charge in [0.1, 0.15) is 6.61 Å². The first-order chi connectivity index (χ1) is 9.19. The molecule has 0 fully saturated rings. The highest BCUT2D eigenvalue weighted by Crippen LogP contribution is 2.16. The second-order valence-electron chi connectivity index (χ2n) is 3.60. The highest BCUT2D eigenvalue weighted by atomic mass is 35.5. The second-order valence-corrected chi connectivity index (χ2v) is 3.97. The maximum Gasteiger partial charge on any atom is 0.291 e. The molecule has 4 nitrogen and oxygen atoms in total. The third-order valence-corrected chi connectivity index (χ3v) is 2.43. The standard InChI is InChI=1S/C14H10ClNO3/c15-13-7-6-12(19-13)14(18)16-11-5-1-3-10(9-11)4-2-8-17/h1,3,5-7,9,17H,8H2,(H,16,18). The summed E-state index contributed by atoms with van der Waals surface area (Å²) in [6.07, 6.45) is 0. The molecular weight excluding hydrogens is 266 g/mol. The van der Waals surface area contributed by atoms with Crippen molar-refractivity contribution in [3.05, 3.63) is 52.9 Å². The molecule has 0 saturated heterocycles. The van der Waals surface area contributed by atoms with E-state index in [1.54, 1.807) is 24.3 Å². The minimum atomic E-state index is -0.390. The van der Waals surface area contributed by atoms with Gasteiger partial charge in [-0.3, -0.25) is 4.79 Å². The van der Waals surface area contributed by atoms with Gasteiger partial charge < -0.3 is 14.8 Å². The van der Waals surface area contributed by atoms with Crippen LogP contribution in [0.25, 0.3) is 0 Å². The van der Waals surface area contributed by atoms with Crippen LogP contribution in [-0.4, -0.2) is 17.6 Å². The van der Waals surface area contributed by atoms with Gasteiger partial charge in [0.05, 0.1) is 0 Å². The monoisotopic (exact) mass is 275 g/mol. The predicted octanol–water partition coefficient (Wildman–Crippen LogP) is 2.53. The van der Waals surface area contributed by atoms with E-state index in [0.29, 0.717) is 11.3 Å². The number of hydrogen-bond donors (Lipinski definition) is 2. The van der Waals surface area contributed by atoms with E-state index in [4.69, 9.17) is 21.1 Å². The first kappa shape index (κ1) is 13.2. The average molecular weight is 276 g/mol. The number of halogens is 1. The SMILES string of the molecule is O=C(Nc1cccc(C#CCO)c1)c1ccc(Cl)o1. The molecule has 0 radical (unpaired) electrons. The van der Waals surface area contributed by atoms with Crippen molar-refractivity contribution in [2.24, 2.45) is 0 Å². The van der Waals surface area contributed by atoms with Crippen molar-refractivity contribution < 1.29 is 14.3 Å². The molecule has 1 aromatic carbocycles. The number of furan rings is 1. The van der Waals surface area contributed by atoms with E-state index >= 15 is 0 Å². The summed E-state index contributed by atoms with van der Waals surface area (Å²) in [6.45, 7) is -0.207. The zero-order chi connectivity index (χ0) is 13.7. The summed E-state index contributed by atoms with van der Waals surface area (Å²) in [5.74, 6) is 5.04. The molecule has 0 aliphatic heterocycles. The highest BCUT2D eigenvalue weighted by molar-refractivity contribution is 6.29. The van der Waals surface area contributed by atoms with Gasteiger partial charge in [-0.25, -0.2) is 0 Å². The van der Waals surface area contributed by atoms with Gasteiger partial charge in [-0.15, -0.1) is 0 Å². The molecule has 1 aromatic heterocycles. The average Bonchev–Trinajstić information content (AvgIpc) is 2.83. The number of hydrogen-bond acceptors (Lipinski definition) is 3. The van der Waals surface area contributed by atoms with Gasteiger partial charge in [0.15, 0.2) is 11.0 Å². The van der Waals surface area contributed by atoms with E-state index in [-0.39, 0.29) is 23.5 Å². The third-order valence-electron chi connectivity index (χ3n) is 2.23. The molecule has 0 unspecified atom stereocenters. The molecule has 0 aliphatic carbocycles. The van der Waals surface area contributed by atoms with Gasteiger partial charge in [0.2, 0.25) is 0 Å². The van der Waals surface area contributed by atoms with Crippen LogP contribution in [0.1, 0.15) is 16.1 Å². The Balaban J connectivity index is 2.13. The topological polar surface area (TPSA) is 62.5 Å². The van der Waals surface area contributed by atoms with Crippen LogP contribution < -0.4 is 5.32 Å². The van der Waals surface area contributed by atoms with E-state index < -0.39 is 0 Å². The fourth-order valence-electron chi connectivity index (χ4n) is 1.45. The number of nitrogens with one attached hydrogen (secondary N) is 1. The molecule has 0 atom stereocenters. The normalized spacial score (nSPS) is 9.58. The Morgan fingerprint density at radius 2 is 2.21 bits per heavy atom. The molecule has 19 heavy (non-hydrogen) atoms. The number of carbonyl (C=O) groups excluding carboxylic acids is 1. The molecule has 2 aromatic rings. The maximum atomic E-state index is 11.8. The lowest BCUT2D eigenvalue weighted by Gasteiger charge is -2.03. The Morgan fingerprint density at radius 3 is 2.89 bits per heavy atom. The third kappa shape index (κ3) is 3.62. The predicted molar refractivity (Wildman–Crippen MR) is 72.1 cm³/mol. The number of rotatable bonds is 2. The quantitative estimate of drug-likeness (QED) is 0.828. The molecule has 2 N–H and O–H groups in total. The van der Waals surface area contributed by atoms with Crippen LogP contribution in [0.2, 0.25) is 5.22 Å². The first-order valence-electron chi connectivity index (χ1n) is 5.45. The Kier molecular flexibility index (Phi) is 4.24.